The number of nitrogens with one attached hydrogen (secondary N) is 1. The lowest BCUT2D eigenvalue weighted by atomic mass is 9.90. The minimum absolute atomic E-state index is 0.00463. The first-order valence-electron chi connectivity index (χ1n) is 2.60. The molecule has 0 aliphatic carbocycles. The quantitative estimate of drug-likeness (QED) is 0.527. The summed E-state index contributed by atoms with van der Waals surface area (Å²) < 4.78 is 0. The smallest absolute Gasteiger partial charge is 0.328 e. The van der Waals surface area contributed by atoms with E-state index in [4.69, 9.17) is 16.6 Å². The summed E-state index contributed by atoms with van der Waals surface area (Å²) in [5.41, 5.74) is -0.0742. The zero-order valence-electron chi connectivity index (χ0n) is 4.97. The van der Waals surface area contributed by atoms with Gasteiger partial charge in [-0.1, -0.05) is 11.6 Å². The van der Waals surface area contributed by atoms with Gasteiger partial charge in [-0.2, -0.15) is 0 Å². The van der Waals surface area contributed by atoms with Crippen molar-refractivity contribution in [1.29, 1.82) is 0 Å². The Balaban J connectivity index is 3.28. The second-order valence-corrected chi connectivity index (χ2v) is 2.08. The first-order chi connectivity index (χ1) is 4.75. The molecule has 1 aromatic rings. The van der Waals surface area contributed by atoms with Gasteiger partial charge in [-0.05, 0) is 11.5 Å². The second-order valence-electron chi connectivity index (χ2n) is 1.71. The van der Waals surface area contributed by atoms with Crippen LogP contribution >= 0.6 is 11.6 Å². The number of hydrogen-bond acceptors (Lipinski definition) is 2. The van der Waals surface area contributed by atoms with Crippen molar-refractivity contribution in [3.8, 4) is 0 Å². The van der Waals surface area contributed by atoms with Gasteiger partial charge in [-0.3, -0.25) is 4.79 Å². The molecule has 0 saturated carbocycles. The summed E-state index contributed by atoms with van der Waals surface area (Å²) in [6.07, 6.45) is 1.41. The predicted octanol–water partition coefficient (Wildman–Crippen LogP) is -0.735. The molecule has 0 aliphatic heterocycles. The van der Waals surface area contributed by atoms with E-state index in [0.29, 0.717) is 5.46 Å². The zero-order valence-corrected chi connectivity index (χ0v) is 5.72. The van der Waals surface area contributed by atoms with Crippen LogP contribution in [0.3, 0.4) is 0 Å². The highest BCUT2D eigenvalue weighted by molar-refractivity contribution is 6.52. The minimum atomic E-state index is -0.399. The van der Waals surface area contributed by atoms with Gasteiger partial charge in [-0.15, -0.1) is 0 Å². The molecule has 1 radical (unpaired) electrons. The van der Waals surface area contributed by atoms with Gasteiger partial charge in [0.2, 0.25) is 0 Å². The summed E-state index contributed by atoms with van der Waals surface area (Å²) in [4.78, 5) is 13.0. The van der Waals surface area contributed by atoms with Crippen LogP contribution in [-0.4, -0.2) is 17.5 Å². The molecule has 1 aromatic heterocycles. The van der Waals surface area contributed by atoms with Gasteiger partial charge in [0.05, 0.1) is 0 Å². The van der Waals surface area contributed by atoms with Gasteiger partial charge >= 0.3 is 7.48 Å². The average molecular weight is 156 g/mol. The van der Waals surface area contributed by atoms with E-state index in [1.165, 1.54) is 12.3 Å². The molecule has 51 valence electrons. The summed E-state index contributed by atoms with van der Waals surface area (Å²) in [6, 6.07) is 1.50. The lowest BCUT2D eigenvalue weighted by Gasteiger charge is -1.93. The molecule has 0 amide bonds. The maximum atomic E-state index is 10.7. The largest absolute Gasteiger partial charge is 0.450 e. The Bertz CT molecular complexity index is 285. The van der Waals surface area contributed by atoms with Crippen molar-refractivity contribution in [2.75, 3.05) is 0 Å². The van der Waals surface area contributed by atoms with Crippen molar-refractivity contribution in [1.82, 2.24) is 4.98 Å². The van der Waals surface area contributed by atoms with Crippen molar-refractivity contribution >= 4 is 24.5 Å². The average Bonchev–Trinajstić information content (AvgIpc) is 1.95. The van der Waals surface area contributed by atoms with Crippen LogP contribution in [0.15, 0.2) is 17.1 Å². The molecule has 0 fully saturated rings. The number of aromatic amines is 1. The van der Waals surface area contributed by atoms with Crippen LogP contribution in [0.1, 0.15) is 0 Å². The summed E-state index contributed by atoms with van der Waals surface area (Å²) in [7, 11) is 0.789. The molecule has 0 atom stereocenters. The number of H-pyrrole nitrogens is 1. The van der Waals surface area contributed by atoms with Gasteiger partial charge in [0.25, 0.3) is 5.56 Å². The predicted molar refractivity (Wildman–Crippen MR) is 39.7 cm³/mol. The van der Waals surface area contributed by atoms with Gasteiger partial charge in [0.15, 0.2) is 0 Å². The van der Waals surface area contributed by atoms with Crippen molar-refractivity contribution < 1.29 is 5.02 Å². The molecule has 2 N–H and O–H groups in total. The fraction of sp³-hybridized carbons (Fsp3) is 0. The van der Waals surface area contributed by atoms with E-state index >= 15 is 0 Å². The van der Waals surface area contributed by atoms with Crippen molar-refractivity contribution in [2.45, 2.75) is 0 Å². The van der Waals surface area contributed by atoms with Crippen molar-refractivity contribution in [3.63, 3.8) is 0 Å². The molecule has 0 aliphatic rings. The van der Waals surface area contributed by atoms with Crippen molar-refractivity contribution in [3.05, 3.63) is 27.6 Å². The highest BCUT2D eigenvalue weighted by Crippen LogP contribution is 1.92. The number of rotatable bonds is 1. The number of aromatic nitrogens is 1. The second kappa shape index (κ2) is 2.90. The monoisotopic (exact) mass is 156 g/mol. The molecule has 1 rings (SSSR count). The molecular weight excluding hydrogens is 152 g/mol. The molecular formula is C5H4BClNO2. The number of hydrogen-bond donors (Lipinski definition) is 2. The van der Waals surface area contributed by atoms with Crippen molar-refractivity contribution in [2.24, 2.45) is 0 Å². The van der Waals surface area contributed by atoms with E-state index in [0.717, 1.165) is 7.48 Å². The molecule has 5 heteroatoms. The fourth-order valence-electron chi connectivity index (χ4n) is 0.574. The molecule has 3 nitrogen and oxygen atoms in total. The van der Waals surface area contributed by atoms with E-state index in [9.17, 15) is 4.79 Å². The normalized spacial score (nSPS) is 9.40. The van der Waals surface area contributed by atoms with Gasteiger partial charge in [0.1, 0.15) is 5.02 Å². The summed E-state index contributed by atoms with van der Waals surface area (Å²) >= 11 is 5.46. The van der Waals surface area contributed by atoms with E-state index in [1.807, 2.05) is 0 Å². The first kappa shape index (κ1) is 7.37. The molecule has 1 heterocycles. The Hall–Kier alpha value is -0.735. The lowest BCUT2D eigenvalue weighted by Crippen LogP contribution is -2.23. The number of pyridine rings is 1. The highest BCUT2D eigenvalue weighted by Gasteiger charge is 2.02. The summed E-state index contributed by atoms with van der Waals surface area (Å²) in [6.45, 7) is 0. The Morgan fingerprint density at radius 2 is 2.40 bits per heavy atom. The van der Waals surface area contributed by atoms with Crippen LogP contribution in [-0.2, 0) is 0 Å². The molecule has 0 aromatic carbocycles. The molecule has 0 bridgehead atoms. The van der Waals surface area contributed by atoms with Crippen LogP contribution in [0.25, 0.3) is 0 Å². The van der Waals surface area contributed by atoms with Crippen LogP contribution < -0.4 is 11.0 Å². The maximum absolute atomic E-state index is 10.7. The van der Waals surface area contributed by atoms with E-state index < -0.39 is 5.56 Å². The fourth-order valence-corrected chi connectivity index (χ4v) is 0.741. The Kier molecular flexibility index (Phi) is 2.14. The highest BCUT2D eigenvalue weighted by atomic mass is 35.5. The Labute approximate surface area is 62.9 Å². The van der Waals surface area contributed by atoms with Gasteiger partial charge < -0.3 is 10.0 Å². The van der Waals surface area contributed by atoms with E-state index in [2.05, 4.69) is 4.98 Å². The third-order valence-corrected chi connectivity index (χ3v) is 1.46. The van der Waals surface area contributed by atoms with Crippen LogP contribution in [0.4, 0.5) is 0 Å². The maximum Gasteiger partial charge on any atom is 0.328 e. The Morgan fingerprint density at radius 1 is 1.70 bits per heavy atom. The third kappa shape index (κ3) is 1.22. The molecule has 0 unspecified atom stereocenters. The third-order valence-electron chi connectivity index (χ3n) is 1.07. The van der Waals surface area contributed by atoms with Crippen LogP contribution in [0.5, 0.6) is 0 Å². The van der Waals surface area contributed by atoms with Crippen LogP contribution in [0, 0.1) is 0 Å². The summed E-state index contributed by atoms with van der Waals surface area (Å²) in [5.74, 6) is 0. The number of halogens is 1. The minimum Gasteiger partial charge on any atom is -0.450 e. The first-order valence-corrected chi connectivity index (χ1v) is 2.98. The molecule has 0 spiro atoms. The Morgan fingerprint density at radius 3 is 2.90 bits per heavy atom. The molecule has 0 saturated heterocycles. The van der Waals surface area contributed by atoms with E-state index in [-0.39, 0.29) is 5.02 Å². The SMILES string of the molecule is O=c1[nH]ccc([B]O)c1Cl. The van der Waals surface area contributed by atoms with Gasteiger partial charge in [-0.25, -0.2) is 0 Å². The zero-order chi connectivity index (χ0) is 7.56. The van der Waals surface area contributed by atoms with Gasteiger partial charge in [0, 0.05) is 6.20 Å². The standard InChI is InChI=1S/C5H4BClNO2/c7-4-3(6-10)1-2-8-5(4)9/h1-2,10H,(H,8,9). The topological polar surface area (TPSA) is 53.1 Å². The lowest BCUT2D eigenvalue weighted by molar-refractivity contribution is 0.615. The molecule has 10 heavy (non-hydrogen) atoms. The van der Waals surface area contributed by atoms with E-state index in [1.54, 1.807) is 0 Å². The van der Waals surface area contributed by atoms with Crippen LogP contribution in [0.2, 0.25) is 5.02 Å². The summed E-state index contributed by atoms with van der Waals surface area (Å²) in [5, 5.41) is 8.49.